The minimum Gasteiger partial charge on any atom is -0.495 e. The van der Waals surface area contributed by atoms with Crippen LogP contribution >= 0.6 is 35.4 Å². The number of nitrogens with zero attached hydrogens (tertiary/aromatic N) is 4. The number of halogens is 2. The van der Waals surface area contributed by atoms with Gasteiger partial charge in [0.05, 0.1) is 41.3 Å². The van der Waals surface area contributed by atoms with Crippen molar-refractivity contribution in [3.8, 4) is 11.4 Å². The fourth-order valence-electron chi connectivity index (χ4n) is 7.01. The number of hydrogen-bond acceptors (Lipinski definition) is 4. The highest BCUT2D eigenvalue weighted by Crippen LogP contribution is 2.46. The third-order valence-corrected chi connectivity index (χ3v) is 9.54. The molecule has 0 bridgehead atoms. The Labute approximate surface area is 269 Å². The number of ether oxygens (including phenoxy) is 1. The molecule has 4 atom stereocenters. The molecule has 0 amide bonds. The van der Waals surface area contributed by atoms with Gasteiger partial charge in [-0.1, -0.05) is 43.1 Å². The molecular weight excluding hydrogens is 597 g/mol. The van der Waals surface area contributed by atoms with E-state index in [9.17, 15) is 0 Å². The first-order valence-corrected chi connectivity index (χ1v) is 15.9. The number of methoxy groups -OCH3 is 1. The van der Waals surface area contributed by atoms with Crippen LogP contribution in [0.4, 0.5) is 11.4 Å². The van der Waals surface area contributed by atoms with Gasteiger partial charge < -0.3 is 24.4 Å². The average Bonchev–Trinajstić information content (AvgIpc) is 3.47. The van der Waals surface area contributed by atoms with E-state index in [1.165, 1.54) is 6.42 Å². The highest BCUT2D eigenvalue weighted by Gasteiger charge is 2.42. The van der Waals surface area contributed by atoms with Gasteiger partial charge in [-0.2, -0.15) is 0 Å². The monoisotopic (exact) mass is 633 g/mol. The molecule has 2 aliphatic heterocycles. The molecule has 2 aromatic carbocycles. The second-order valence-electron chi connectivity index (χ2n) is 12.0. The van der Waals surface area contributed by atoms with Crippen molar-refractivity contribution in [3.05, 3.63) is 99.6 Å². The number of benzene rings is 2. The number of rotatable bonds is 6. The number of nitrogens with one attached hydrogen (secondary N) is 1. The Balaban J connectivity index is 1.46. The lowest BCUT2D eigenvalue weighted by Crippen LogP contribution is -2.38. The van der Waals surface area contributed by atoms with Crippen LogP contribution in [-0.2, 0) is 0 Å². The molecule has 2 aliphatic rings. The van der Waals surface area contributed by atoms with Crippen LogP contribution in [0.2, 0.25) is 10.0 Å². The van der Waals surface area contributed by atoms with Gasteiger partial charge in [-0.15, -0.1) is 0 Å². The topological polar surface area (TPSA) is 45.6 Å². The van der Waals surface area contributed by atoms with Gasteiger partial charge in [-0.25, -0.2) is 0 Å². The van der Waals surface area contributed by atoms with E-state index in [1.54, 1.807) is 7.11 Å². The van der Waals surface area contributed by atoms with E-state index < -0.39 is 0 Å². The Morgan fingerprint density at radius 2 is 1.72 bits per heavy atom. The van der Waals surface area contributed by atoms with Crippen LogP contribution in [-0.4, -0.2) is 34.9 Å². The van der Waals surface area contributed by atoms with Gasteiger partial charge >= 0.3 is 0 Å². The molecule has 2 saturated heterocycles. The van der Waals surface area contributed by atoms with Crippen LogP contribution in [0.3, 0.4) is 0 Å². The van der Waals surface area contributed by atoms with Crippen molar-refractivity contribution in [2.75, 3.05) is 30.0 Å². The van der Waals surface area contributed by atoms with Crippen molar-refractivity contribution in [1.82, 2.24) is 14.9 Å². The van der Waals surface area contributed by atoms with E-state index in [1.807, 2.05) is 42.6 Å². The second kappa shape index (κ2) is 12.0. The summed E-state index contributed by atoms with van der Waals surface area (Å²) in [7, 11) is 1.68. The quantitative estimate of drug-likeness (QED) is 0.215. The summed E-state index contributed by atoms with van der Waals surface area (Å²) in [4.78, 5) is 9.35. The van der Waals surface area contributed by atoms with Crippen LogP contribution in [0.15, 0.2) is 66.9 Å². The predicted molar refractivity (Wildman–Crippen MR) is 181 cm³/mol. The molecule has 6 nitrogen and oxygen atoms in total. The first-order valence-electron chi connectivity index (χ1n) is 14.7. The van der Waals surface area contributed by atoms with E-state index in [0.29, 0.717) is 22.0 Å². The Kier molecular flexibility index (Phi) is 8.33. The highest BCUT2D eigenvalue weighted by molar-refractivity contribution is 7.80. The first kappa shape index (κ1) is 29.8. The molecular formula is C34H37Cl2N5OS. The minimum atomic E-state index is -0.176. The van der Waals surface area contributed by atoms with Crippen molar-refractivity contribution in [1.29, 1.82) is 0 Å². The smallest absolute Gasteiger partial charge is 0.174 e. The van der Waals surface area contributed by atoms with Crippen LogP contribution in [0, 0.1) is 25.7 Å². The minimum absolute atomic E-state index is 0.175. The lowest BCUT2D eigenvalue weighted by Gasteiger charge is -2.37. The van der Waals surface area contributed by atoms with Crippen molar-refractivity contribution in [2.24, 2.45) is 11.8 Å². The fourth-order valence-corrected chi connectivity index (χ4v) is 7.81. The molecule has 0 spiro atoms. The van der Waals surface area contributed by atoms with Crippen LogP contribution in [0.25, 0.3) is 5.69 Å². The van der Waals surface area contributed by atoms with Crippen LogP contribution in [0.5, 0.6) is 5.75 Å². The van der Waals surface area contributed by atoms with Gasteiger partial charge in [0.15, 0.2) is 5.11 Å². The van der Waals surface area contributed by atoms with Gasteiger partial charge in [0.25, 0.3) is 0 Å². The van der Waals surface area contributed by atoms with E-state index in [0.717, 1.165) is 63.6 Å². The molecule has 9 heteroatoms. The molecule has 0 saturated carbocycles. The highest BCUT2D eigenvalue weighted by atomic mass is 35.5. The number of aryl methyl sites for hydroxylation is 1. The first-order chi connectivity index (χ1) is 20.7. The molecule has 0 unspecified atom stereocenters. The Morgan fingerprint density at radius 3 is 2.40 bits per heavy atom. The van der Waals surface area contributed by atoms with Gasteiger partial charge in [-0.3, -0.25) is 4.98 Å². The third kappa shape index (κ3) is 5.59. The summed E-state index contributed by atoms with van der Waals surface area (Å²) in [6.07, 6.45) is 3.07. The van der Waals surface area contributed by atoms with Crippen molar-refractivity contribution in [3.63, 3.8) is 0 Å². The standard InChI is InChI=1S/C34H37Cl2N5OS/c1-20-14-21(2)19-39(18-20)29-11-10-25(17-27(29)36)41-33(32(38-34(41)43)28-8-6-7-13-37-28)26-15-22(3)40(23(26)4)30-16-24(35)9-12-31(30)42-5/h6-13,15-17,20-21,32-33H,14,18-19H2,1-5H3,(H,38,43)/t20-,21+,32-,33-/m0/s1. The molecule has 43 heavy (non-hydrogen) atoms. The summed E-state index contributed by atoms with van der Waals surface area (Å²) in [5, 5.41) is 5.60. The predicted octanol–water partition coefficient (Wildman–Crippen LogP) is 8.46. The molecule has 2 aromatic heterocycles. The van der Waals surface area contributed by atoms with Gasteiger partial charge in [-0.05, 0) is 104 Å². The third-order valence-electron chi connectivity index (χ3n) is 8.69. The number of hydrogen-bond donors (Lipinski definition) is 1. The van der Waals surface area contributed by atoms with E-state index in [2.05, 4.69) is 71.6 Å². The molecule has 2 fully saturated rings. The molecule has 4 heterocycles. The summed E-state index contributed by atoms with van der Waals surface area (Å²) in [6, 6.07) is 19.9. The zero-order valence-corrected chi connectivity index (χ0v) is 27.5. The SMILES string of the molecule is COc1ccc(Cl)cc1-n1c(C)cc([C@H]2[C@H](c3ccccn3)NC(=S)N2c2ccc(N3C[C@H](C)C[C@H](C)C3)c(Cl)c2)c1C. The van der Waals surface area contributed by atoms with E-state index >= 15 is 0 Å². The summed E-state index contributed by atoms with van der Waals surface area (Å²) in [6.45, 7) is 10.9. The maximum absolute atomic E-state index is 7.05. The van der Waals surface area contributed by atoms with Gasteiger partial charge in [0.1, 0.15) is 5.75 Å². The maximum atomic E-state index is 7.05. The maximum Gasteiger partial charge on any atom is 0.174 e. The summed E-state index contributed by atoms with van der Waals surface area (Å²) >= 11 is 19.5. The van der Waals surface area contributed by atoms with Crippen molar-refractivity contribution >= 4 is 51.9 Å². The normalized spacial score (nSPS) is 22.2. The van der Waals surface area contributed by atoms with E-state index in [4.69, 9.17) is 45.1 Å². The Bertz CT molecular complexity index is 1650. The number of aromatic nitrogens is 2. The van der Waals surface area contributed by atoms with Crippen molar-refractivity contribution in [2.45, 2.75) is 46.2 Å². The lowest BCUT2D eigenvalue weighted by molar-refractivity contribution is 0.357. The van der Waals surface area contributed by atoms with E-state index in [-0.39, 0.29) is 12.1 Å². The molecule has 6 rings (SSSR count). The van der Waals surface area contributed by atoms with Crippen molar-refractivity contribution < 1.29 is 4.74 Å². The summed E-state index contributed by atoms with van der Waals surface area (Å²) in [5.74, 6) is 2.01. The second-order valence-corrected chi connectivity index (χ2v) is 13.2. The summed E-state index contributed by atoms with van der Waals surface area (Å²) < 4.78 is 7.93. The largest absolute Gasteiger partial charge is 0.495 e. The lowest BCUT2D eigenvalue weighted by atomic mass is 9.91. The molecule has 1 N–H and O–H groups in total. The summed E-state index contributed by atoms with van der Waals surface area (Å²) in [5.41, 5.74) is 7.08. The van der Waals surface area contributed by atoms with Gasteiger partial charge in [0.2, 0.25) is 0 Å². The number of thiocarbonyl (C=S) groups is 1. The fraction of sp³-hybridized carbons (Fsp3) is 0.353. The molecule has 0 radical (unpaired) electrons. The van der Waals surface area contributed by atoms with Crippen LogP contribution < -0.4 is 19.9 Å². The van der Waals surface area contributed by atoms with Gasteiger partial charge in [0, 0.05) is 41.4 Å². The molecule has 224 valence electrons. The van der Waals surface area contributed by atoms with Crippen LogP contribution in [0.1, 0.15) is 55.0 Å². The Hall–Kier alpha value is -3.26. The number of anilines is 2. The Morgan fingerprint density at radius 1 is 0.953 bits per heavy atom. The molecule has 0 aliphatic carbocycles. The zero-order valence-electron chi connectivity index (χ0n) is 25.1. The zero-order chi connectivity index (χ0) is 30.4. The molecule has 4 aromatic rings. The number of pyridine rings is 1. The number of piperidine rings is 1. The average molecular weight is 635 g/mol.